The summed E-state index contributed by atoms with van der Waals surface area (Å²) in [5.74, 6) is 1.11. The Kier molecular flexibility index (Phi) is 4.99. The predicted molar refractivity (Wildman–Crippen MR) is 105 cm³/mol. The Labute approximate surface area is 164 Å². The summed E-state index contributed by atoms with van der Waals surface area (Å²) < 4.78 is 7.48. The lowest BCUT2D eigenvalue weighted by molar-refractivity contribution is -0.552. The third-order valence-electron chi connectivity index (χ3n) is 5.56. The normalized spacial score (nSPS) is 23.4. The Balaban J connectivity index is 1.69. The number of ether oxygens (including phenoxy) is 1. The number of benzene rings is 1. The van der Waals surface area contributed by atoms with Crippen molar-refractivity contribution in [3.8, 4) is 0 Å². The van der Waals surface area contributed by atoms with Crippen LogP contribution in [-0.4, -0.2) is 95.9 Å². The summed E-state index contributed by atoms with van der Waals surface area (Å²) >= 11 is 0. The number of carbonyl (C=O) groups excluding carboxylic acids is 2. The number of rotatable bonds is 4. The van der Waals surface area contributed by atoms with Crippen molar-refractivity contribution in [2.45, 2.75) is 19.5 Å². The molecular formula is C20H26N5O3+. The summed E-state index contributed by atoms with van der Waals surface area (Å²) in [7, 11) is 3.21. The van der Waals surface area contributed by atoms with Crippen molar-refractivity contribution in [1.82, 2.24) is 14.7 Å². The van der Waals surface area contributed by atoms with E-state index in [1.54, 1.807) is 7.05 Å². The van der Waals surface area contributed by atoms with Crippen LogP contribution in [0.1, 0.15) is 11.1 Å². The highest BCUT2D eigenvalue weighted by molar-refractivity contribution is 6.23. The molecule has 0 aromatic heterocycles. The van der Waals surface area contributed by atoms with Gasteiger partial charge in [-0.1, -0.05) is 29.8 Å². The maximum absolute atomic E-state index is 13.0. The van der Waals surface area contributed by atoms with Gasteiger partial charge in [0.25, 0.3) is 17.8 Å². The topological polar surface area (TPSA) is 68.5 Å². The third kappa shape index (κ3) is 3.33. The third-order valence-corrected chi connectivity index (χ3v) is 5.56. The van der Waals surface area contributed by atoms with Crippen molar-refractivity contribution in [2.75, 3.05) is 46.9 Å². The van der Waals surface area contributed by atoms with Crippen LogP contribution in [0.25, 0.3) is 0 Å². The van der Waals surface area contributed by atoms with Gasteiger partial charge in [0.2, 0.25) is 0 Å². The number of hydrogen-bond acceptors (Lipinski definition) is 5. The average molecular weight is 384 g/mol. The molecule has 1 atom stereocenters. The molecule has 1 aromatic carbocycles. The number of imide groups is 1. The molecule has 8 heteroatoms. The first-order valence-electron chi connectivity index (χ1n) is 9.57. The van der Waals surface area contributed by atoms with E-state index >= 15 is 0 Å². The van der Waals surface area contributed by atoms with E-state index in [9.17, 15) is 9.59 Å². The van der Waals surface area contributed by atoms with Gasteiger partial charge in [0.1, 0.15) is 13.1 Å². The fraction of sp³-hybridized carbons (Fsp3) is 0.500. The van der Waals surface area contributed by atoms with Crippen LogP contribution in [-0.2, 0) is 16.1 Å². The van der Waals surface area contributed by atoms with Crippen LogP contribution < -0.4 is 0 Å². The minimum atomic E-state index is -0.565. The van der Waals surface area contributed by atoms with Gasteiger partial charge >= 0.3 is 11.9 Å². The van der Waals surface area contributed by atoms with Crippen molar-refractivity contribution in [3.05, 3.63) is 35.4 Å². The lowest BCUT2D eigenvalue weighted by atomic mass is 10.1. The maximum atomic E-state index is 13.0. The number of urea groups is 1. The number of amides is 3. The van der Waals surface area contributed by atoms with Crippen LogP contribution in [0.15, 0.2) is 29.3 Å². The van der Waals surface area contributed by atoms with Crippen molar-refractivity contribution < 1.29 is 18.9 Å². The van der Waals surface area contributed by atoms with Crippen LogP contribution in [0, 0.1) is 6.92 Å². The molecule has 8 nitrogen and oxygen atoms in total. The molecule has 1 aromatic rings. The molecule has 0 spiro atoms. The molecule has 0 bridgehead atoms. The lowest BCUT2D eigenvalue weighted by Gasteiger charge is -2.30. The quantitative estimate of drug-likeness (QED) is 0.711. The SMILES string of the molecule is Cc1ccc(C[N+]2=C(CN3CCOCC3)N=C3C2C(=O)N(C)C(=O)N3C)cc1. The molecule has 3 heterocycles. The van der Waals surface area contributed by atoms with Gasteiger partial charge in [0, 0.05) is 27.2 Å². The smallest absolute Gasteiger partial charge is 0.333 e. The second-order valence-electron chi connectivity index (χ2n) is 7.53. The number of likely N-dealkylation sites (N-methyl/N-ethyl adjacent to an activating group) is 2. The Morgan fingerprint density at radius 2 is 1.79 bits per heavy atom. The number of amidine groups is 2. The summed E-state index contributed by atoms with van der Waals surface area (Å²) in [6.45, 7) is 6.32. The van der Waals surface area contributed by atoms with E-state index in [4.69, 9.17) is 9.73 Å². The number of aliphatic imine (C=N–C) groups is 1. The number of nitrogens with zero attached hydrogens (tertiary/aromatic N) is 5. The Bertz CT molecular complexity index is 855. The van der Waals surface area contributed by atoms with Crippen LogP contribution in [0.3, 0.4) is 0 Å². The first-order chi connectivity index (χ1) is 13.5. The van der Waals surface area contributed by atoms with Crippen LogP contribution in [0.4, 0.5) is 4.79 Å². The molecule has 2 saturated heterocycles. The van der Waals surface area contributed by atoms with Gasteiger partial charge in [-0.05, 0) is 17.5 Å². The molecule has 2 fully saturated rings. The van der Waals surface area contributed by atoms with E-state index in [0.29, 0.717) is 32.1 Å². The molecule has 3 aliphatic rings. The Morgan fingerprint density at radius 1 is 1.11 bits per heavy atom. The number of morpholine rings is 1. The maximum Gasteiger partial charge on any atom is 0.333 e. The standard InChI is InChI=1S/C20H26N5O3/c1-14-4-6-15(7-5-14)12-25-16(13-24-8-10-28-11-9-24)21-18-17(25)19(26)23(3)20(27)22(18)2/h4-7,17H,8-13H2,1-3H3/q+1. The van der Waals surface area contributed by atoms with E-state index in [0.717, 1.165) is 24.5 Å². The monoisotopic (exact) mass is 384 g/mol. The van der Waals surface area contributed by atoms with E-state index in [1.165, 1.54) is 22.4 Å². The Hall–Kier alpha value is -2.58. The van der Waals surface area contributed by atoms with Gasteiger partial charge in [-0.15, -0.1) is 0 Å². The van der Waals surface area contributed by atoms with E-state index in [-0.39, 0.29) is 11.9 Å². The van der Waals surface area contributed by atoms with E-state index in [2.05, 4.69) is 36.1 Å². The summed E-state index contributed by atoms with van der Waals surface area (Å²) in [5, 5.41) is 0. The second-order valence-corrected chi connectivity index (χ2v) is 7.53. The highest BCUT2D eigenvalue weighted by Crippen LogP contribution is 2.21. The second kappa shape index (κ2) is 7.44. The Morgan fingerprint density at radius 3 is 2.46 bits per heavy atom. The summed E-state index contributed by atoms with van der Waals surface area (Å²) in [4.78, 5) is 35.0. The van der Waals surface area contributed by atoms with Crippen molar-refractivity contribution in [1.29, 1.82) is 0 Å². The van der Waals surface area contributed by atoms with Gasteiger partial charge in [-0.25, -0.2) is 9.37 Å². The van der Waals surface area contributed by atoms with Crippen molar-refractivity contribution in [3.63, 3.8) is 0 Å². The molecule has 28 heavy (non-hydrogen) atoms. The molecular weight excluding hydrogens is 358 g/mol. The molecule has 4 rings (SSSR count). The first-order valence-corrected chi connectivity index (χ1v) is 9.57. The fourth-order valence-corrected chi connectivity index (χ4v) is 3.81. The van der Waals surface area contributed by atoms with E-state index in [1.807, 2.05) is 4.58 Å². The van der Waals surface area contributed by atoms with Crippen molar-refractivity contribution >= 4 is 23.6 Å². The summed E-state index contributed by atoms with van der Waals surface area (Å²) in [6.07, 6.45) is 0. The molecule has 0 N–H and O–H groups in total. The van der Waals surface area contributed by atoms with Crippen LogP contribution in [0.5, 0.6) is 0 Å². The van der Waals surface area contributed by atoms with Gasteiger partial charge in [0.15, 0.2) is 0 Å². The van der Waals surface area contributed by atoms with Gasteiger partial charge < -0.3 is 4.74 Å². The van der Waals surface area contributed by atoms with Gasteiger partial charge in [-0.2, -0.15) is 0 Å². The van der Waals surface area contributed by atoms with Gasteiger partial charge in [-0.3, -0.25) is 19.5 Å². The zero-order valence-corrected chi connectivity index (χ0v) is 16.6. The largest absolute Gasteiger partial charge is 0.379 e. The van der Waals surface area contributed by atoms with E-state index < -0.39 is 6.04 Å². The lowest BCUT2D eigenvalue weighted by Crippen LogP contribution is -2.61. The minimum absolute atomic E-state index is 0.231. The summed E-state index contributed by atoms with van der Waals surface area (Å²) in [5.41, 5.74) is 2.30. The van der Waals surface area contributed by atoms with Crippen LogP contribution >= 0.6 is 0 Å². The number of fused-ring (bicyclic) bond motifs is 1. The van der Waals surface area contributed by atoms with Crippen LogP contribution in [0.2, 0.25) is 0 Å². The molecule has 3 aliphatic heterocycles. The first kappa shape index (κ1) is 18.8. The zero-order chi connectivity index (χ0) is 19.8. The molecule has 1 unspecified atom stereocenters. The number of aryl methyl sites for hydroxylation is 1. The molecule has 3 amide bonds. The average Bonchev–Trinajstić information content (AvgIpc) is 3.05. The highest BCUT2D eigenvalue weighted by Gasteiger charge is 2.53. The fourth-order valence-electron chi connectivity index (χ4n) is 3.81. The van der Waals surface area contributed by atoms with Gasteiger partial charge in [0.05, 0.1) is 13.2 Å². The highest BCUT2D eigenvalue weighted by atomic mass is 16.5. The van der Waals surface area contributed by atoms with Crippen molar-refractivity contribution in [2.24, 2.45) is 4.99 Å². The number of carbonyl (C=O) groups is 2. The minimum Gasteiger partial charge on any atom is -0.379 e. The molecule has 0 aliphatic carbocycles. The number of hydrogen-bond donors (Lipinski definition) is 0. The molecule has 148 valence electrons. The summed E-state index contributed by atoms with van der Waals surface area (Å²) in [6, 6.07) is 7.38. The zero-order valence-electron chi connectivity index (χ0n) is 16.6. The molecule has 0 saturated carbocycles. The molecule has 0 radical (unpaired) electrons. The predicted octanol–water partition coefficient (Wildman–Crippen LogP) is 0.543.